The van der Waals surface area contributed by atoms with E-state index in [1.54, 1.807) is 23.9 Å². The Bertz CT molecular complexity index is 1330. The highest BCUT2D eigenvalue weighted by atomic mass is 32.2. The lowest BCUT2D eigenvalue weighted by atomic mass is 10.1. The summed E-state index contributed by atoms with van der Waals surface area (Å²) < 4.78 is 0. The van der Waals surface area contributed by atoms with E-state index in [9.17, 15) is 9.59 Å². The average molecular weight is 561 g/mol. The molecule has 0 saturated carbocycles. The van der Waals surface area contributed by atoms with Gasteiger partial charge in [-0.05, 0) is 54.3 Å². The number of carboxylic acid groups (broad SMARTS) is 1. The van der Waals surface area contributed by atoms with Crippen LogP contribution in [0, 0.1) is 0 Å². The van der Waals surface area contributed by atoms with E-state index in [0.29, 0.717) is 18.8 Å². The number of hydrazone groups is 1. The molecule has 202 valence electrons. The van der Waals surface area contributed by atoms with Crippen molar-refractivity contribution in [3.05, 3.63) is 95.1 Å². The van der Waals surface area contributed by atoms with E-state index in [-0.39, 0.29) is 11.5 Å². The van der Waals surface area contributed by atoms with Gasteiger partial charge in [-0.1, -0.05) is 74.4 Å². The van der Waals surface area contributed by atoms with E-state index in [2.05, 4.69) is 17.5 Å². The molecule has 1 heterocycles. The Kier molecular flexibility index (Phi) is 10.2. The number of fused-ring (bicyclic) bond motifs is 1. The second-order valence-electron chi connectivity index (χ2n) is 9.16. The number of hydrogen-bond donors (Lipinski definition) is 2. The minimum absolute atomic E-state index is 0.120. The number of amides is 1. The predicted molar refractivity (Wildman–Crippen MR) is 161 cm³/mol. The Hall–Kier alpha value is -3.53. The molecule has 0 unspecified atom stereocenters. The van der Waals surface area contributed by atoms with Crippen LogP contribution in [-0.2, 0) is 17.8 Å². The first-order valence-electron chi connectivity index (χ1n) is 13.0. The largest absolute Gasteiger partial charge is 0.478 e. The number of nitrogens with one attached hydrogen (secondary N) is 1. The maximum Gasteiger partial charge on any atom is 0.335 e. The van der Waals surface area contributed by atoms with Crippen LogP contribution in [0.1, 0.15) is 53.2 Å². The Labute approximate surface area is 238 Å². The molecule has 1 amide bonds. The fourth-order valence-corrected chi connectivity index (χ4v) is 5.35. The molecule has 1 aliphatic heterocycles. The summed E-state index contributed by atoms with van der Waals surface area (Å²) in [6, 6.07) is 23.0. The van der Waals surface area contributed by atoms with Crippen molar-refractivity contribution in [2.45, 2.75) is 44.0 Å². The summed E-state index contributed by atoms with van der Waals surface area (Å²) in [5, 5.41) is 15.2. The van der Waals surface area contributed by atoms with Crippen molar-refractivity contribution in [3.63, 3.8) is 0 Å². The summed E-state index contributed by atoms with van der Waals surface area (Å²) in [5.41, 5.74) is 9.07. The lowest BCUT2D eigenvalue weighted by Gasteiger charge is -2.17. The lowest BCUT2D eigenvalue weighted by molar-refractivity contribution is -0.112. The topological polar surface area (TPSA) is 85.2 Å². The highest BCUT2D eigenvalue weighted by Crippen LogP contribution is 2.34. The van der Waals surface area contributed by atoms with E-state index in [0.717, 1.165) is 58.7 Å². The molecule has 3 aromatic carbocycles. The lowest BCUT2D eigenvalue weighted by Crippen LogP contribution is -2.36. The zero-order valence-corrected chi connectivity index (χ0v) is 23.5. The number of carbonyl (C=O) groups excluding carboxylic acids is 1. The van der Waals surface area contributed by atoms with Crippen LogP contribution in [0.5, 0.6) is 0 Å². The molecule has 2 N–H and O–H groups in total. The highest BCUT2D eigenvalue weighted by Gasteiger charge is 2.34. The SMILES string of the molecule is CCCCCN1C(=O)C(=NN(C=S)NCc2ccccc2)c2cc(SCCc3ccc(C(=O)O)cc3)ccc21. The summed E-state index contributed by atoms with van der Waals surface area (Å²) in [4.78, 5) is 27.5. The zero-order valence-electron chi connectivity index (χ0n) is 21.9. The summed E-state index contributed by atoms with van der Waals surface area (Å²) in [5.74, 6) is -0.228. The van der Waals surface area contributed by atoms with Crippen molar-refractivity contribution < 1.29 is 14.7 Å². The maximum absolute atomic E-state index is 13.5. The van der Waals surface area contributed by atoms with Crippen LogP contribution < -0.4 is 10.3 Å². The molecule has 0 bridgehead atoms. The first kappa shape index (κ1) is 28.5. The van der Waals surface area contributed by atoms with Crippen molar-refractivity contribution in [1.82, 2.24) is 10.5 Å². The van der Waals surface area contributed by atoms with Crippen molar-refractivity contribution in [3.8, 4) is 0 Å². The maximum atomic E-state index is 13.5. The van der Waals surface area contributed by atoms with Crippen LogP contribution in [0.3, 0.4) is 0 Å². The number of aromatic carboxylic acids is 1. The number of thiocarbonyl (C=S) groups is 1. The Morgan fingerprint density at radius 3 is 2.54 bits per heavy atom. The summed E-state index contributed by atoms with van der Waals surface area (Å²) in [6.07, 6.45) is 3.85. The normalized spacial score (nSPS) is 13.5. The van der Waals surface area contributed by atoms with Crippen LogP contribution in [-0.4, -0.2) is 45.6 Å². The highest BCUT2D eigenvalue weighted by molar-refractivity contribution is 7.99. The second-order valence-corrected chi connectivity index (χ2v) is 10.5. The van der Waals surface area contributed by atoms with E-state index in [4.69, 9.17) is 17.3 Å². The number of nitrogens with zero attached hydrogens (tertiary/aromatic N) is 3. The predicted octanol–water partition coefficient (Wildman–Crippen LogP) is 5.92. The monoisotopic (exact) mass is 560 g/mol. The molecule has 0 spiro atoms. The van der Waals surface area contributed by atoms with Crippen LogP contribution >= 0.6 is 24.0 Å². The average Bonchev–Trinajstić information content (AvgIpc) is 3.21. The number of hydrogen-bond acceptors (Lipinski definition) is 6. The van der Waals surface area contributed by atoms with Crippen molar-refractivity contribution >= 4 is 52.7 Å². The van der Waals surface area contributed by atoms with Gasteiger partial charge in [0.2, 0.25) is 0 Å². The van der Waals surface area contributed by atoms with E-state index >= 15 is 0 Å². The number of unbranched alkanes of at least 4 members (excludes halogenated alkanes) is 2. The molecular formula is C30H32N4O3S2. The fraction of sp³-hybridized carbons (Fsp3) is 0.267. The third-order valence-electron chi connectivity index (χ3n) is 6.40. The van der Waals surface area contributed by atoms with Gasteiger partial charge in [-0.2, -0.15) is 10.2 Å². The Morgan fingerprint density at radius 1 is 1.08 bits per heavy atom. The standard InChI is InChI=1S/C30H32N4O3S2/c1-2-3-7-17-33-27-15-14-25(39-18-16-22-10-12-24(13-11-22)30(36)37)19-26(27)28(29(33)35)32-34(21-38)31-20-23-8-5-4-6-9-23/h4-6,8-15,19,21,31H,2-3,7,16-18,20H2,1H3,(H,36,37). The number of carboxylic acids is 1. The van der Waals surface area contributed by atoms with Gasteiger partial charge in [0.15, 0.2) is 5.71 Å². The number of hydrazine groups is 1. The van der Waals surface area contributed by atoms with E-state index < -0.39 is 5.97 Å². The molecule has 0 saturated heterocycles. The second kappa shape index (κ2) is 14.0. The molecule has 4 rings (SSSR count). The van der Waals surface area contributed by atoms with Crippen molar-refractivity contribution in [2.75, 3.05) is 17.2 Å². The zero-order chi connectivity index (χ0) is 27.6. The minimum Gasteiger partial charge on any atom is -0.478 e. The third kappa shape index (κ3) is 7.53. The molecule has 0 aliphatic carbocycles. The van der Waals surface area contributed by atoms with Gasteiger partial charge in [-0.3, -0.25) is 4.79 Å². The number of aryl methyl sites for hydroxylation is 1. The van der Waals surface area contributed by atoms with Crippen molar-refractivity contribution in [2.24, 2.45) is 5.10 Å². The summed E-state index contributed by atoms with van der Waals surface area (Å²) in [7, 11) is 0. The molecule has 0 aromatic heterocycles. The van der Waals surface area contributed by atoms with Gasteiger partial charge in [-0.25, -0.2) is 10.2 Å². The Balaban J connectivity index is 1.51. The minimum atomic E-state index is -0.924. The molecule has 0 atom stereocenters. The molecule has 7 nitrogen and oxygen atoms in total. The van der Waals surface area contributed by atoms with Crippen LogP contribution in [0.4, 0.5) is 5.69 Å². The third-order valence-corrected chi connectivity index (χ3v) is 7.60. The molecule has 39 heavy (non-hydrogen) atoms. The van der Waals surface area contributed by atoms with Gasteiger partial charge in [-0.15, -0.1) is 11.8 Å². The number of thioether (sulfide) groups is 1. The number of benzene rings is 3. The quantitative estimate of drug-likeness (QED) is 0.109. The van der Waals surface area contributed by atoms with Gasteiger partial charge in [0, 0.05) is 29.3 Å². The van der Waals surface area contributed by atoms with Crippen molar-refractivity contribution in [1.29, 1.82) is 0 Å². The Morgan fingerprint density at radius 2 is 1.85 bits per heavy atom. The molecule has 0 fully saturated rings. The van der Waals surface area contributed by atoms with Crippen LogP contribution in [0.25, 0.3) is 0 Å². The van der Waals surface area contributed by atoms with E-state index in [1.165, 1.54) is 10.6 Å². The van der Waals surface area contributed by atoms with Crippen LogP contribution in [0.2, 0.25) is 0 Å². The van der Waals surface area contributed by atoms with Gasteiger partial charge in [0.1, 0.15) is 5.49 Å². The molecule has 3 aromatic rings. The summed E-state index contributed by atoms with van der Waals surface area (Å²) in [6.45, 7) is 3.31. The fourth-order valence-electron chi connectivity index (χ4n) is 4.29. The molecular weight excluding hydrogens is 528 g/mol. The molecule has 9 heteroatoms. The van der Waals surface area contributed by atoms with Gasteiger partial charge in [0.05, 0.1) is 11.3 Å². The van der Waals surface area contributed by atoms with Gasteiger partial charge >= 0.3 is 5.97 Å². The number of carbonyl (C=O) groups is 2. The first-order chi connectivity index (χ1) is 19.0. The van der Waals surface area contributed by atoms with Crippen LogP contribution in [0.15, 0.2) is 82.8 Å². The molecule has 1 aliphatic rings. The molecule has 0 radical (unpaired) electrons. The number of anilines is 1. The smallest absolute Gasteiger partial charge is 0.335 e. The summed E-state index contributed by atoms with van der Waals surface area (Å²) >= 11 is 6.89. The van der Waals surface area contributed by atoms with Gasteiger partial charge < -0.3 is 10.0 Å². The van der Waals surface area contributed by atoms with Gasteiger partial charge in [0.25, 0.3) is 5.91 Å². The first-order valence-corrected chi connectivity index (χ1v) is 14.5. The van der Waals surface area contributed by atoms with E-state index in [1.807, 2.05) is 65.6 Å². The number of rotatable bonds is 14.